The Morgan fingerprint density at radius 3 is 2.73 bits per heavy atom. The molecule has 3 rings (SSSR count). The summed E-state index contributed by atoms with van der Waals surface area (Å²) in [6.45, 7) is 0. The molecule has 0 saturated carbocycles. The van der Waals surface area contributed by atoms with Gasteiger partial charge in [-0.2, -0.15) is 0 Å². The molecule has 3 aromatic heterocycles. The van der Waals surface area contributed by atoms with Gasteiger partial charge in [0.2, 0.25) is 0 Å². The fourth-order valence-corrected chi connectivity index (χ4v) is 3.23. The van der Waals surface area contributed by atoms with Crippen molar-refractivity contribution < 1.29 is 4.42 Å². The van der Waals surface area contributed by atoms with Crippen LogP contribution in [0.3, 0.4) is 0 Å². The van der Waals surface area contributed by atoms with Crippen molar-refractivity contribution in [3.8, 4) is 20.9 Å². The lowest BCUT2D eigenvalue weighted by Gasteiger charge is -1.88. The summed E-state index contributed by atoms with van der Waals surface area (Å²) in [4.78, 5) is 2.65. The highest BCUT2D eigenvalue weighted by atomic mass is 32.1. The van der Waals surface area contributed by atoms with E-state index < -0.39 is 0 Å². The monoisotopic (exact) mass is 232 g/mol. The van der Waals surface area contributed by atoms with Gasteiger partial charge >= 0.3 is 0 Å². The van der Waals surface area contributed by atoms with Gasteiger partial charge in [-0.25, -0.2) is 0 Å². The highest BCUT2D eigenvalue weighted by Gasteiger charge is 2.05. The molecule has 3 heteroatoms. The van der Waals surface area contributed by atoms with E-state index in [0.29, 0.717) is 0 Å². The molecule has 0 aliphatic rings. The molecule has 0 aliphatic heterocycles. The Hall–Kier alpha value is -1.32. The minimum atomic E-state index is 1.15. The van der Waals surface area contributed by atoms with Gasteiger partial charge in [-0.15, -0.1) is 22.7 Å². The second-order valence-corrected chi connectivity index (χ2v) is 5.05. The Labute approximate surface area is 95.6 Å². The van der Waals surface area contributed by atoms with Gasteiger partial charge in [0.1, 0.15) is 0 Å². The van der Waals surface area contributed by atoms with Crippen molar-refractivity contribution in [1.29, 1.82) is 0 Å². The summed E-state index contributed by atoms with van der Waals surface area (Å²) >= 11 is 3.55. The summed E-state index contributed by atoms with van der Waals surface area (Å²) in [5.41, 5.74) is 2.38. The molecule has 0 spiro atoms. The van der Waals surface area contributed by atoms with Crippen LogP contribution in [0.4, 0.5) is 0 Å². The molecular formula is C12H8OS2. The van der Waals surface area contributed by atoms with Gasteiger partial charge in [-0.3, -0.25) is 0 Å². The second-order valence-electron chi connectivity index (χ2n) is 3.19. The highest BCUT2D eigenvalue weighted by molar-refractivity contribution is 7.20. The minimum absolute atomic E-state index is 1.15. The average molecular weight is 232 g/mol. The van der Waals surface area contributed by atoms with Crippen LogP contribution in [0.15, 0.2) is 52.0 Å². The Morgan fingerprint density at radius 2 is 2.00 bits per heavy atom. The molecule has 0 N–H and O–H groups in total. The smallest absolute Gasteiger partial charge is 0.0981 e. The molecule has 0 radical (unpaired) electrons. The number of hydrogen-bond acceptors (Lipinski definition) is 3. The topological polar surface area (TPSA) is 13.1 Å². The van der Waals surface area contributed by atoms with E-state index in [4.69, 9.17) is 4.42 Å². The van der Waals surface area contributed by atoms with E-state index in [1.807, 2.05) is 6.07 Å². The Morgan fingerprint density at radius 1 is 1.00 bits per heavy atom. The van der Waals surface area contributed by atoms with Crippen molar-refractivity contribution in [2.75, 3.05) is 0 Å². The molecule has 0 unspecified atom stereocenters. The van der Waals surface area contributed by atoms with Crippen LogP contribution in [-0.2, 0) is 0 Å². The molecule has 1 nitrogen and oxygen atoms in total. The van der Waals surface area contributed by atoms with E-state index in [2.05, 4.69) is 29.0 Å². The Balaban J connectivity index is 2.02. The van der Waals surface area contributed by atoms with Crippen LogP contribution in [-0.4, -0.2) is 0 Å². The van der Waals surface area contributed by atoms with Crippen LogP contribution in [0.2, 0.25) is 0 Å². The first-order valence-corrected chi connectivity index (χ1v) is 6.34. The largest absolute Gasteiger partial charge is 0.472 e. The molecule has 0 amide bonds. The van der Waals surface area contributed by atoms with Crippen LogP contribution in [0, 0.1) is 0 Å². The van der Waals surface area contributed by atoms with Gasteiger partial charge in [0.25, 0.3) is 0 Å². The van der Waals surface area contributed by atoms with Crippen LogP contribution >= 0.6 is 22.7 Å². The van der Waals surface area contributed by atoms with Gasteiger partial charge in [0, 0.05) is 15.3 Å². The third-order valence-corrected chi connectivity index (χ3v) is 4.21. The summed E-state index contributed by atoms with van der Waals surface area (Å²) in [6.07, 6.45) is 3.48. The van der Waals surface area contributed by atoms with E-state index in [-0.39, 0.29) is 0 Å². The molecule has 0 fully saturated rings. The summed E-state index contributed by atoms with van der Waals surface area (Å²) in [5, 5.41) is 4.27. The Bertz CT molecular complexity index is 483. The first-order valence-electron chi connectivity index (χ1n) is 4.58. The molecule has 3 aromatic rings. The maximum Gasteiger partial charge on any atom is 0.0981 e. The van der Waals surface area contributed by atoms with E-state index in [0.717, 1.165) is 5.56 Å². The van der Waals surface area contributed by atoms with E-state index in [1.54, 1.807) is 35.2 Å². The standard InChI is InChI=1S/C12H8OS2/c1-2-11(14-5-1)12-6-10(8-15-12)9-3-4-13-7-9/h1-8H. The van der Waals surface area contributed by atoms with Gasteiger partial charge in [-0.1, -0.05) is 6.07 Å². The molecule has 0 bridgehead atoms. The van der Waals surface area contributed by atoms with Crippen molar-refractivity contribution in [2.45, 2.75) is 0 Å². The van der Waals surface area contributed by atoms with Gasteiger partial charge in [-0.05, 0) is 34.5 Å². The summed E-state index contributed by atoms with van der Waals surface area (Å²) in [7, 11) is 0. The molecule has 74 valence electrons. The molecule has 15 heavy (non-hydrogen) atoms. The summed E-state index contributed by atoms with van der Waals surface area (Å²) < 4.78 is 5.08. The Kier molecular flexibility index (Phi) is 2.19. The van der Waals surface area contributed by atoms with Gasteiger partial charge in [0.05, 0.1) is 12.5 Å². The molecule has 0 aliphatic carbocycles. The molecule has 3 heterocycles. The fourth-order valence-electron chi connectivity index (χ4n) is 1.46. The van der Waals surface area contributed by atoms with Crippen LogP contribution in [0.1, 0.15) is 0 Å². The maximum atomic E-state index is 5.08. The van der Waals surface area contributed by atoms with Crippen molar-refractivity contribution in [3.05, 3.63) is 47.6 Å². The lowest BCUT2D eigenvalue weighted by Crippen LogP contribution is -1.64. The van der Waals surface area contributed by atoms with Crippen LogP contribution < -0.4 is 0 Å². The minimum Gasteiger partial charge on any atom is -0.472 e. The normalized spacial score (nSPS) is 10.7. The number of thiophene rings is 2. The predicted molar refractivity (Wildman–Crippen MR) is 65.3 cm³/mol. The first-order chi connectivity index (χ1) is 7.43. The number of hydrogen-bond donors (Lipinski definition) is 0. The lowest BCUT2D eigenvalue weighted by atomic mass is 10.2. The van der Waals surface area contributed by atoms with Crippen molar-refractivity contribution in [1.82, 2.24) is 0 Å². The maximum absolute atomic E-state index is 5.08. The van der Waals surface area contributed by atoms with E-state index in [9.17, 15) is 0 Å². The molecule has 0 aromatic carbocycles. The SMILES string of the molecule is c1csc(-c2cc(-c3ccoc3)cs2)c1. The second kappa shape index (κ2) is 3.68. The van der Waals surface area contributed by atoms with Crippen LogP contribution in [0.25, 0.3) is 20.9 Å². The first kappa shape index (κ1) is 8.95. The van der Waals surface area contributed by atoms with E-state index >= 15 is 0 Å². The third kappa shape index (κ3) is 1.64. The fraction of sp³-hybridized carbons (Fsp3) is 0. The zero-order chi connectivity index (χ0) is 10.1. The average Bonchev–Trinajstić information content (AvgIpc) is 3.02. The molecule has 0 atom stereocenters. The van der Waals surface area contributed by atoms with Crippen molar-refractivity contribution in [2.24, 2.45) is 0 Å². The van der Waals surface area contributed by atoms with Gasteiger partial charge < -0.3 is 4.42 Å². The van der Waals surface area contributed by atoms with Gasteiger partial charge in [0.15, 0.2) is 0 Å². The quantitative estimate of drug-likeness (QED) is 0.622. The summed E-state index contributed by atoms with van der Waals surface area (Å²) in [6, 6.07) is 8.43. The summed E-state index contributed by atoms with van der Waals surface area (Å²) in [5.74, 6) is 0. The van der Waals surface area contributed by atoms with Crippen molar-refractivity contribution in [3.63, 3.8) is 0 Å². The molecular weight excluding hydrogens is 224 g/mol. The predicted octanol–water partition coefficient (Wildman–Crippen LogP) is 4.74. The van der Waals surface area contributed by atoms with Crippen molar-refractivity contribution >= 4 is 22.7 Å². The number of furan rings is 1. The zero-order valence-corrected chi connectivity index (χ0v) is 9.48. The zero-order valence-electron chi connectivity index (χ0n) is 7.84. The highest BCUT2D eigenvalue weighted by Crippen LogP contribution is 2.34. The van der Waals surface area contributed by atoms with E-state index in [1.165, 1.54) is 15.3 Å². The third-order valence-electron chi connectivity index (χ3n) is 2.22. The van der Waals surface area contributed by atoms with Crippen LogP contribution in [0.5, 0.6) is 0 Å². The number of rotatable bonds is 2. The molecule has 0 saturated heterocycles. The lowest BCUT2D eigenvalue weighted by molar-refractivity contribution is 0.568.